The van der Waals surface area contributed by atoms with E-state index in [-0.39, 0.29) is 29.3 Å². The smallest absolute Gasteiger partial charge is 0.315 e. The number of rotatable bonds is 3. The van der Waals surface area contributed by atoms with Gasteiger partial charge in [-0.15, -0.1) is 0 Å². The van der Waals surface area contributed by atoms with E-state index in [9.17, 15) is 14.7 Å². The molecule has 4 aliphatic carbocycles. The Morgan fingerprint density at radius 2 is 2.00 bits per heavy atom. The predicted molar refractivity (Wildman–Crippen MR) is 94.8 cm³/mol. The van der Waals surface area contributed by atoms with Crippen molar-refractivity contribution >= 4 is 11.9 Å². The zero-order chi connectivity index (χ0) is 19.4. The van der Waals surface area contributed by atoms with Crippen LogP contribution in [0.3, 0.4) is 0 Å². The van der Waals surface area contributed by atoms with Crippen LogP contribution in [0.1, 0.15) is 39.0 Å². The quantitative estimate of drug-likeness (QED) is 0.602. The van der Waals surface area contributed by atoms with Crippen LogP contribution in [0.4, 0.5) is 0 Å². The molecule has 9 atom stereocenters. The van der Waals surface area contributed by atoms with Gasteiger partial charge in [0.15, 0.2) is 0 Å². The summed E-state index contributed by atoms with van der Waals surface area (Å²) in [4.78, 5) is 25.8. The van der Waals surface area contributed by atoms with E-state index in [0.29, 0.717) is 12.3 Å². The van der Waals surface area contributed by atoms with Crippen molar-refractivity contribution in [3.8, 4) is 0 Å². The predicted octanol–water partition coefficient (Wildman–Crippen LogP) is 2.42. The molecule has 0 aromatic heterocycles. The number of ether oxygens (including phenoxy) is 3. The second-order valence-electron chi connectivity index (χ2n) is 9.65. The minimum Gasteiger partial charge on any atom is -0.481 e. The number of fused-ring (bicyclic) bond motifs is 1. The van der Waals surface area contributed by atoms with Crippen molar-refractivity contribution in [1.29, 1.82) is 0 Å². The summed E-state index contributed by atoms with van der Waals surface area (Å²) in [5, 5.41) is 10.4. The molecule has 0 unspecified atom stereocenters. The summed E-state index contributed by atoms with van der Waals surface area (Å²) >= 11 is 0. The SMILES string of the molecule is C=C1C[C@]23C[C@H]1CC[C@H]2[C@@]12C[C@@H](OC)[C@H](OC)[C@@](C)(C(=O)O1)[C@H]2[C@@H]3C(=O)O. The van der Waals surface area contributed by atoms with Gasteiger partial charge in [0.1, 0.15) is 11.0 Å². The van der Waals surface area contributed by atoms with Gasteiger partial charge in [0, 0.05) is 32.5 Å². The van der Waals surface area contributed by atoms with Gasteiger partial charge in [0.05, 0.1) is 18.1 Å². The molecule has 0 amide bonds. The molecule has 1 saturated heterocycles. The number of allylic oxidation sites excluding steroid dienone is 1. The Hall–Kier alpha value is -1.40. The molecule has 1 heterocycles. The largest absolute Gasteiger partial charge is 0.481 e. The van der Waals surface area contributed by atoms with Crippen LogP contribution in [0, 0.1) is 34.5 Å². The van der Waals surface area contributed by atoms with Gasteiger partial charge in [-0.05, 0) is 43.9 Å². The summed E-state index contributed by atoms with van der Waals surface area (Å²) in [6.45, 7) is 6.11. The second-order valence-corrected chi connectivity index (χ2v) is 9.65. The third kappa shape index (κ3) is 1.71. The highest BCUT2D eigenvalue weighted by molar-refractivity contribution is 5.85. The van der Waals surface area contributed by atoms with Crippen LogP contribution in [0.2, 0.25) is 0 Å². The third-order valence-corrected chi connectivity index (χ3v) is 8.97. The maximum absolute atomic E-state index is 13.2. The zero-order valence-electron chi connectivity index (χ0n) is 16.2. The lowest BCUT2D eigenvalue weighted by Crippen LogP contribution is -2.60. The number of carbonyl (C=O) groups is 2. The fraction of sp³-hybridized carbons (Fsp3) is 0.810. The summed E-state index contributed by atoms with van der Waals surface area (Å²) in [6.07, 6.45) is 3.22. The van der Waals surface area contributed by atoms with Gasteiger partial charge in [-0.1, -0.05) is 12.2 Å². The van der Waals surface area contributed by atoms with Gasteiger partial charge < -0.3 is 19.3 Å². The van der Waals surface area contributed by atoms with E-state index < -0.39 is 29.0 Å². The van der Waals surface area contributed by atoms with Crippen molar-refractivity contribution < 1.29 is 28.9 Å². The average molecular weight is 376 g/mol. The van der Waals surface area contributed by atoms with Gasteiger partial charge in [0.25, 0.3) is 0 Å². The first-order valence-electron chi connectivity index (χ1n) is 9.95. The normalized spacial score (nSPS) is 55.2. The van der Waals surface area contributed by atoms with Crippen molar-refractivity contribution in [2.75, 3.05) is 14.2 Å². The van der Waals surface area contributed by atoms with Gasteiger partial charge >= 0.3 is 11.9 Å². The molecular weight excluding hydrogens is 348 g/mol. The number of methoxy groups -OCH3 is 2. The lowest BCUT2D eigenvalue weighted by molar-refractivity contribution is -0.172. The second kappa shape index (κ2) is 5.15. The Labute approximate surface area is 159 Å². The number of aliphatic carboxylic acids is 1. The molecule has 5 rings (SSSR count). The van der Waals surface area contributed by atoms with Crippen molar-refractivity contribution in [2.45, 2.75) is 56.8 Å². The van der Waals surface area contributed by atoms with Crippen LogP contribution < -0.4 is 0 Å². The molecule has 6 nitrogen and oxygen atoms in total. The fourth-order valence-corrected chi connectivity index (χ4v) is 8.29. The molecule has 4 bridgehead atoms. The summed E-state index contributed by atoms with van der Waals surface area (Å²) in [7, 11) is 3.21. The molecule has 0 aromatic rings. The summed E-state index contributed by atoms with van der Waals surface area (Å²) < 4.78 is 17.7. The molecule has 1 aliphatic heterocycles. The van der Waals surface area contributed by atoms with Gasteiger partial charge in [0.2, 0.25) is 0 Å². The fourth-order valence-electron chi connectivity index (χ4n) is 8.29. The number of hydrogen-bond donors (Lipinski definition) is 1. The summed E-state index contributed by atoms with van der Waals surface area (Å²) in [5.74, 6) is -1.68. The maximum Gasteiger partial charge on any atom is 0.315 e. The van der Waals surface area contributed by atoms with Gasteiger partial charge in [-0.2, -0.15) is 0 Å². The first kappa shape index (κ1) is 17.7. The molecule has 1 N–H and O–H groups in total. The Morgan fingerprint density at radius 1 is 1.26 bits per heavy atom. The lowest BCUT2D eigenvalue weighted by atomic mass is 9.58. The van der Waals surface area contributed by atoms with E-state index in [1.807, 2.05) is 6.92 Å². The number of carboxylic acid groups (broad SMARTS) is 1. The standard InChI is InChI=1S/C21H28O6/c1-10-7-20-8-11(10)5-6-13(20)21-9-12(25-3)16(26-4)19(2,18(24)27-21)15(21)14(20)17(22)23/h11-16H,1,5-9H2,2-4H3,(H,22,23)/t11-,12-,13-,14-,15-,16+,19+,20+,21-/m1/s1. The highest BCUT2D eigenvalue weighted by Gasteiger charge is 2.84. The number of hydrogen-bond acceptors (Lipinski definition) is 5. The van der Waals surface area contributed by atoms with E-state index >= 15 is 0 Å². The molecule has 4 saturated carbocycles. The summed E-state index contributed by atoms with van der Waals surface area (Å²) in [5.41, 5.74) is -0.959. The third-order valence-electron chi connectivity index (χ3n) is 8.97. The van der Waals surface area contributed by atoms with Gasteiger partial charge in [-0.3, -0.25) is 9.59 Å². The van der Waals surface area contributed by atoms with Gasteiger partial charge in [-0.25, -0.2) is 0 Å². The minimum absolute atomic E-state index is 0.0489. The molecule has 27 heavy (non-hydrogen) atoms. The van der Waals surface area contributed by atoms with Crippen molar-refractivity contribution in [2.24, 2.45) is 34.5 Å². The topological polar surface area (TPSA) is 82.1 Å². The van der Waals surface area contributed by atoms with Crippen molar-refractivity contribution in [1.82, 2.24) is 0 Å². The van der Waals surface area contributed by atoms with Crippen LogP contribution in [-0.2, 0) is 23.8 Å². The van der Waals surface area contributed by atoms with E-state index in [1.165, 1.54) is 5.57 Å². The van der Waals surface area contributed by atoms with Crippen LogP contribution in [0.15, 0.2) is 12.2 Å². The minimum atomic E-state index is -1.01. The van der Waals surface area contributed by atoms with Crippen LogP contribution in [0.5, 0.6) is 0 Å². The highest BCUT2D eigenvalue weighted by atomic mass is 16.6. The first-order valence-corrected chi connectivity index (χ1v) is 9.95. The summed E-state index contributed by atoms with van der Waals surface area (Å²) in [6, 6.07) is 0. The molecule has 6 heteroatoms. The monoisotopic (exact) mass is 376 g/mol. The molecule has 5 aliphatic rings. The van der Waals surface area contributed by atoms with Crippen LogP contribution in [-0.4, -0.2) is 49.1 Å². The molecule has 1 spiro atoms. The Kier molecular flexibility index (Phi) is 3.37. The lowest BCUT2D eigenvalue weighted by Gasteiger charge is -2.48. The molecule has 5 fully saturated rings. The van der Waals surface area contributed by atoms with Crippen LogP contribution in [0.25, 0.3) is 0 Å². The van der Waals surface area contributed by atoms with Crippen LogP contribution >= 0.6 is 0 Å². The first-order chi connectivity index (χ1) is 12.8. The number of carboxylic acids is 1. The van der Waals surface area contributed by atoms with Crippen molar-refractivity contribution in [3.63, 3.8) is 0 Å². The van der Waals surface area contributed by atoms with E-state index in [2.05, 4.69) is 6.58 Å². The Morgan fingerprint density at radius 3 is 2.63 bits per heavy atom. The Bertz CT molecular complexity index is 747. The van der Waals surface area contributed by atoms with E-state index in [0.717, 1.165) is 25.7 Å². The molecule has 148 valence electrons. The van der Waals surface area contributed by atoms with E-state index in [1.54, 1.807) is 14.2 Å². The molecule has 0 aromatic carbocycles. The van der Waals surface area contributed by atoms with Crippen molar-refractivity contribution in [3.05, 3.63) is 12.2 Å². The molecule has 0 radical (unpaired) electrons. The number of carbonyl (C=O) groups excluding carboxylic acids is 1. The average Bonchev–Trinajstić information content (AvgIpc) is 3.07. The highest BCUT2D eigenvalue weighted by Crippen LogP contribution is 2.78. The number of esters is 1. The van der Waals surface area contributed by atoms with E-state index in [4.69, 9.17) is 14.2 Å². The molecular formula is C21H28O6. The zero-order valence-corrected chi connectivity index (χ0v) is 16.2. The maximum atomic E-state index is 13.2. The Balaban J connectivity index is 1.75.